The zero-order valence-corrected chi connectivity index (χ0v) is 15.7. The third kappa shape index (κ3) is 3.38. The number of nitriles is 1. The zero-order chi connectivity index (χ0) is 19.2. The van der Waals surface area contributed by atoms with Crippen molar-refractivity contribution < 1.29 is 9.18 Å². The molecule has 6 heteroatoms. The Morgan fingerprint density at radius 2 is 2.04 bits per heavy atom. The molecule has 0 saturated heterocycles. The minimum absolute atomic E-state index is 0.0982. The van der Waals surface area contributed by atoms with E-state index >= 15 is 0 Å². The number of carbonyl (C=O) groups is 1. The molecule has 0 amide bonds. The van der Waals surface area contributed by atoms with Gasteiger partial charge >= 0.3 is 0 Å². The zero-order valence-electron chi connectivity index (χ0n) is 14.9. The highest BCUT2D eigenvalue weighted by Crippen LogP contribution is 2.36. The number of carbonyl (C=O) groups excluding carboxylic acids is 1. The molecule has 0 aliphatic heterocycles. The van der Waals surface area contributed by atoms with E-state index in [1.807, 2.05) is 18.2 Å². The SMILES string of the molecule is CC1(C)CC(=O)c2ccc(-c3ncc(-c4cc(F)cc(C#N)c4)s3)nc2C1. The Kier molecular flexibility index (Phi) is 4.12. The van der Waals surface area contributed by atoms with E-state index in [1.54, 1.807) is 12.3 Å². The van der Waals surface area contributed by atoms with Gasteiger partial charge in [0.25, 0.3) is 0 Å². The van der Waals surface area contributed by atoms with Crippen molar-refractivity contribution in [3.8, 4) is 27.2 Å². The average molecular weight is 377 g/mol. The van der Waals surface area contributed by atoms with Gasteiger partial charge in [-0.25, -0.2) is 14.4 Å². The van der Waals surface area contributed by atoms with Crippen LogP contribution in [0.5, 0.6) is 0 Å². The second-order valence-electron chi connectivity index (χ2n) is 7.50. The van der Waals surface area contributed by atoms with Gasteiger partial charge in [-0.2, -0.15) is 5.26 Å². The van der Waals surface area contributed by atoms with Gasteiger partial charge in [-0.05, 0) is 47.7 Å². The van der Waals surface area contributed by atoms with E-state index in [4.69, 9.17) is 5.26 Å². The summed E-state index contributed by atoms with van der Waals surface area (Å²) in [6.45, 7) is 4.14. The number of rotatable bonds is 2. The fourth-order valence-electron chi connectivity index (χ4n) is 3.38. The van der Waals surface area contributed by atoms with E-state index in [0.29, 0.717) is 28.2 Å². The van der Waals surface area contributed by atoms with Gasteiger partial charge in [-0.15, -0.1) is 11.3 Å². The lowest BCUT2D eigenvalue weighted by molar-refractivity contribution is 0.0910. The Morgan fingerprint density at radius 1 is 1.22 bits per heavy atom. The summed E-state index contributed by atoms with van der Waals surface area (Å²) in [6.07, 6.45) is 2.94. The van der Waals surface area contributed by atoms with Gasteiger partial charge in [0.05, 0.1) is 27.9 Å². The van der Waals surface area contributed by atoms with Crippen molar-refractivity contribution >= 4 is 17.1 Å². The number of nitrogens with zero attached hydrogens (tertiary/aromatic N) is 3. The van der Waals surface area contributed by atoms with Crippen LogP contribution in [0.15, 0.2) is 36.5 Å². The largest absolute Gasteiger partial charge is 0.294 e. The molecular formula is C21H16FN3OS. The molecule has 2 aromatic heterocycles. The Balaban J connectivity index is 1.72. The van der Waals surface area contributed by atoms with Gasteiger partial charge in [-0.1, -0.05) is 13.8 Å². The first-order valence-corrected chi connectivity index (χ1v) is 9.37. The molecule has 4 nitrogen and oxygen atoms in total. The third-order valence-corrected chi connectivity index (χ3v) is 5.66. The summed E-state index contributed by atoms with van der Waals surface area (Å²) in [5.41, 5.74) is 2.99. The average Bonchev–Trinajstić information content (AvgIpc) is 3.09. The van der Waals surface area contributed by atoms with Crippen molar-refractivity contribution in [2.45, 2.75) is 26.7 Å². The molecule has 27 heavy (non-hydrogen) atoms. The topological polar surface area (TPSA) is 66.6 Å². The molecule has 3 aromatic rings. The molecule has 0 bridgehead atoms. The minimum Gasteiger partial charge on any atom is -0.294 e. The van der Waals surface area contributed by atoms with Crippen LogP contribution in [0, 0.1) is 22.6 Å². The molecule has 1 aliphatic rings. The third-order valence-electron chi connectivity index (χ3n) is 4.60. The molecule has 0 fully saturated rings. The Labute approximate surface area is 160 Å². The second kappa shape index (κ2) is 6.36. The summed E-state index contributed by atoms with van der Waals surface area (Å²) in [5.74, 6) is -0.324. The van der Waals surface area contributed by atoms with Gasteiger partial charge in [-0.3, -0.25) is 4.79 Å². The van der Waals surface area contributed by atoms with E-state index < -0.39 is 5.82 Å². The number of hydrogen-bond acceptors (Lipinski definition) is 5. The monoisotopic (exact) mass is 377 g/mol. The van der Waals surface area contributed by atoms with Gasteiger partial charge in [0.2, 0.25) is 0 Å². The Bertz CT molecular complexity index is 1110. The molecule has 0 unspecified atom stereocenters. The van der Waals surface area contributed by atoms with Gasteiger partial charge < -0.3 is 0 Å². The molecule has 0 spiro atoms. The van der Waals surface area contributed by atoms with Crippen LogP contribution in [-0.4, -0.2) is 15.8 Å². The Hall–Kier alpha value is -2.91. The van der Waals surface area contributed by atoms with Crippen LogP contribution in [0.1, 0.15) is 41.9 Å². The number of pyridine rings is 1. The molecule has 1 aromatic carbocycles. The van der Waals surface area contributed by atoms with Gasteiger partial charge in [0, 0.05) is 18.2 Å². The Morgan fingerprint density at radius 3 is 2.81 bits per heavy atom. The summed E-state index contributed by atoms with van der Waals surface area (Å²) in [7, 11) is 0. The first-order valence-electron chi connectivity index (χ1n) is 8.55. The van der Waals surface area contributed by atoms with Crippen molar-refractivity contribution in [2.24, 2.45) is 5.41 Å². The van der Waals surface area contributed by atoms with Crippen LogP contribution in [0.4, 0.5) is 4.39 Å². The van der Waals surface area contributed by atoms with Crippen LogP contribution < -0.4 is 0 Å². The van der Waals surface area contributed by atoms with Crippen molar-refractivity contribution in [3.05, 3.63) is 59.2 Å². The van der Waals surface area contributed by atoms with E-state index in [-0.39, 0.29) is 16.8 Å². The molecule has 134 valence electrons. The summed E-state index contributed by atoms with van der Waals surface area (Å²) >= 11 is 1.38. The predicted molar refractivity (Wildman–Crippen MR) is 102 cm³/mol. The number of benzene rings is 1. The van der Waals surface area contributed by atoms with Crippen LogP contribution in [-0.2, 0) is 6.42 Å². The molecule has 0 atom stereocenters. The lowest BCUT2D eigenvalue weighted by Gasteiger charge is -2.29. The lowest BCUT2D eigenvalue weighted by Crippen LogP contribution is -2.27. The quantitative estimate of drug-likeness (QED) is 0.628. The number of hydrogen-bond donors (Lipinski definition) is 0. The highest BCUT2D eigenvalue weighted by atomic mass is 32.1. The van der Waals surface area contributed by atoms with E-state index in [9.17, 15) is 9.18 Å². The second-order valence-corrected chi connectivity index (χ2v) is 8.53. The number of thiazole rings is 1. The molecular weight excluding hydrogens is 361 g/mol. The summed E-state index contributed by atoms with van der Waals surface area (Å²) < 4.78 is 13.7. The summed E-state index contributed by atoms with van der Waals surface area (Å²) in [4.78, 5) is 22.2. The number of ketones is 1. The lowest BCUT2D eigenvalue weighted by atomic mass is 9.75. The number of aromatic nitrogens is 2. The van der Waals surface area contributed by atoms with Crippen LogP contribution in [0.2, 0.25) is 0 Å². The molecule has 4 rings (SSSR count). The highest BCUT2D eigenvalue weighted by Gasteiger charge is 2.32. The predicted octanol–water partition coefficient (Wildman–Crippen LogP) is 5.04. The molecule has 1 aliphatic carbocycles. The van der Waals surface area contributed by atoms with Crippen molar-refractivity contribution in [1.29, 1.82) is 5.26 Å². The molecule has 0 N–H and O–H groups in total. The van der Waals surface area contributed by atoms with Crippen LogP contribution >= 0.6 is 11.3 Å². The standard InChI is InChI=1S/C21H16FN3OS/c1-21(2)8-17-15(18(26)9-21)3-4-16(25-17)20-24-11-19(27-20)13-5-12(10-23)6-14(22)7-13/h3-7,11H,8-9H2,1-2H3. The van der Waals surface area contributed by atoms with Crippen molar-refractivity contribution in [3.63, 3.8) is 0 Å². The smallest absolute Gasteiger partial charge is 0.165 e. The summed E-state index contributed by atoms with van der Waals surface area (Å²) in [6, 6.07) is 9.83. The maximum Gasteiger partial charge on any atom is 0.165 e. The normalized spacial score (nSPS) is 15.3. The number of halogens is 1. The summed E-state index contributed by atoms with van der Waals surface area (Å²) in [5, 5.41) is 9.73. The first-order chi connectivity index (χ1) is 12.8. The molecule has 0 radical (unpaired) electrons. The fraction of sp³-hybridized carbons (Fsp3) is 0.238. The molecule has 0 saturated carbocycles. The molecule has 2 heterocycles. The maximum atomic E-state index is 13.7. The van der Waals surface area contributed by atoms with E-state index in [0.717, 1.165) is 17.0 Å². The van der Waals surface area contributed by atoms with Crippen molar-refractivity contribution in [2.75, 3.05) is 0 Å². The fourth-order valence-corrected chi connectivity index (χ4v) is 4.25. The van der Waals surface area contributed by atoms with Gasteiger partial charge in [0.1, 0.15) is 10.8 Å². The first kappa shape index (κ1) is 17.5. The van der Waals surface area contributed by atoms with Crippen molar-refractivity contribution in [1.82, 2.24) is 9.97 Å². The van der Waals surface area contributed by atoms with Crippen LogP contribution in [0.25, 0.3) is 21.1 Å². The van der Waals surface area contributed by atoms with Gasteiger partial charge in [0.15, 0.2) is 5.78 Å². The number of Topliss-reactive ketones (excluding diaryl/α,β-unsaturated/α-hetero) is 1. The highest BCUT2D eigenvalue weighted by molar-refractivity contribution is 7.18. The minimum atomic E-state index is -0.452. The number of fused-ring (bicyclic) bond motifs is 1. The maximum absolute atomic E-state index is 13.7. The van der Waals surface area contributed by atoms with E-state index in [1.165, 1.54) is 23.5 Å². The van der Waals surface area contributed by atoms with Crippen LogP contribution in [0.3, 0.4) is 0 Å². The van der Waals surface area contributed by atoms with E-state index in [2.05, 4.69) is 23.8 Å².